The van der Waals surface area contributed by atoms with Crippen molar-refractivity contribution >= 4 is 11.9 Å². The zero-order valence-electron chi connectivity index (χ0n) is 15.2. The molecule has 0 bridgehead atoms. The van der Waals surface area contributed by atoms with Gasteiger partial charge in [-0.2, -0.15) is 0 Å². The number of piperidine rings is 1. The summed E-state index contributed by atoms with van der Waals surface area (Å²) in [5.41, 5.74) is 6.33. The van der Waals surface area contributed by atoms with Gasteiger partial charge >= 0.3 is 6.03 Å². The molecule has 1 aliphatic rings. The van der Waals surface area contributed by atoms with Gasteiger partial charge in [-0.05, 0) is 69.4 Å². The lowest BCUT2D eigenvalue weighted by molar-refractivity contribution is -0.123. The summed E-state index contributed by atoms with van der Waals surface area (Å²) >= 11 is 0. The molecule has 1 heterocycles. The Kier molecular flexibility index (Phi) is 8.34. The fourth-order valence-corrected chi connectivity index (χ4v) is 3.14. The first kappa shape index (κ1) is 20.2. The second kappa shape index (κ2) is 10.8. The number of carbonyl (C=O) groups excluding carboxylic acids is 2. The highest BCUT2D eigenvalue weighted by Crippen LogP contribution is 2.16. The Labute approximate surface area is 154 Å². The van der Waals surface area contributed by atoms with Gasteiger partial charge in [-0.15, -0.1) is 0 Å². The number of urea groups is 1. The fraction of sp³-hybridized carbons (Fsp3) is 0.579. The van der Waals surface area contributed by atoms with Crippen molar-refractivity contribution < 1.29 is 14.0 Å². The van der Waals surface area contributed by atoms with Gasteiger partial charge in [0.2, 0.25) is 5.91 Å². The van der Waals surface area contributed by atoms with Crippen molar-refractivity contribution in [2.75, 3.05) is 32.7 Å². The van der Waals surface area contributed by atoms with E-state index in [1.807, 2.05) is 0 Å². The predicted octanol–water partition coefficient (Wildman–Crippen LogP) is 1.64. The summed E-state index contributed by atoms with van der Waals surface area (Å²) < 4.78 is 12.8. The molecule has 26 heavy (non-hydrogen) atoms. The normalized spacial score (nSPS) is 15.6. The Bertz CT molecular complexity index is 571. The van der Waals surface area contributed by atoms with Crippen LogP contribution in [0.3, 0.4) is 0 Å². The van der Waals surface area contributed by atoms with Crippen LogP contribution in [0.25, 0.3) is 0 Å². The topological polar surface area (TPSA) is 87.5 Å². The van der Waals surface area contributed by atoms with Gasteiger partial charge in [0.15, 0.2) is 0 Å². The van der Waals surface area contributed by atoms with Gasteiger partial charge in [-0.3, -0.25) is 4.79 Å². The fourth-order valence-electron chi connectivity index (χ4n) is 3.14. The third kappa shape index (κ3) is 7.39. The molecule has 0 radical (unpaired) electrons. The summed E-state index contributed by atoms with van der Waals surface area (Å²) in [7, 11) is 0. The van der Waals surface area contributed by atoms with Crippen LogP contribution < -0.4 is 16.4 Å². The van der Waals surface area contributed by atoms with Crippen molar-refractivity contribution in [3.8, 4) is 0 Å². The minimum absolute atomic E-state index is 0.0338. The molecule has 144 valence electrons. The maximum absolute atomic E-state index is 12.8. The van der Waals surface area contributed by atoms with Gasteiger partial charge in [-0.1, -0.05) is 12.1 Å². The van der Waals surface area contributed by atoms with E-state index in [1.165, 1.54) is 12.1 Å². The lowest BCUT2D eigenvalue weighted by Gasteiger charge is -2.30. The molecule has 0 spiro atoms. The van der Waals surface area contributed by atoms with Crippen LogP contribution in [0.4, 0.5) is 9.18 Å². The number of nitrogens with zero attached hydrogens (tertiary/aromatic N) is 1. The van der Waals surface area contributed by atoms with Gasteiger partial charge in [0, 0.05) is 19.0 Å². The van der Waals surface area contributed by atoms with Gasteiger partial charge < -0.3 is 21.3 Å². The number of hydrogen-bond acceptors (Lipinski definition) is 3. The molecule has 1 aliphatic heterocycles. The minimum Gasteiger partial charge on any atom is -0.369 e. The van der Waals surface area contributed by atoms with Crippen LogP contribution >= 0.6 is 0 Å². The van der Waals surface area contributed by atoms with Crippen molar-refractivity contribution in [2.24, 2.45) is 11.7 Å². The third-order valence-electron chi connectivity index (χ3n) is 4.79. The van der Waals surface area contributed by atoms with E-state index in [2.05, 4.69) is 15.5 Å². The van der Waals surface area contributed by atoms with E-state index in [0.29, 0.717) is 19.5 Å². The van der Waals surface area contributed by atoms with E-state index < -0.39 is 0 Å². The van der Waals surface area contributed by atoms with Crippen molar-refractivity contribution in [2.45, 2.75) is 32.1 Å². The van der Waals surface area contributed by atoms with E-state index in [1.54, 1.807) is 12.1 Å². The zero-order valence-corrected chi connectivity index (χ0v) is 15.2. The van der Waals surface area contributed by atoms with Crippen LogP contribution in [0.2, 0.25) is 0 Å². The maximum atomic E-state index is 12.8. The molecular weight excluding hydrogens is 335 g/mol. The molecule has 0 saturated carbocycles. The van der Waals surface area contributed by atoms with E-state index in [0.717, 1.165) is 50.9 Å². The highest BCUT2D eigenvalue weighted by molar-refractivity contribution is 5.76. The van der Waals surface area contributed by atoms with Gasteiger partial charge in [0.05, 0.1) is 0 Å². The monoisotopic (exact) mass is 364 g/mol. The van der Waals surface area contributed by atoms with Crippen LogP contribution in [0, 0.1) is 11.7 Å². The molecule has 1 fully saturated rings. The summed E-state index contributed by atoms with van der Waals surface area (Å²) in [6, 6.07) is 6.12. The molecule has 0 unspecified atom stereocenters. The van der Waals surface area contributed by atoms with E-state index in [4.69, 9.17) is 5.73 Å². The Morgan fingerprint density at radius 3 is 2.38 bits per heavy atom. The highest BCUT2D eigenvalue weighted by Gasteiger charge is 2.22. The zero-order chi connectivity index (χ0) is 18.8. The van der Waals surface area contributed by atoms with Crippen LogP contribution in [0.15, 0.2) is 24.3 Å². The van der Waals surface area contributed by atoms with Crippen molar-refractivity contribution in [3.63, 3.8) is 0 Å². The van der Waals surface area contributed by atoms with Crippen LogP contribution in [0.1, 0.15) is 31.2 Å². The summed E-state index contributed by atoms with van der Waals surface area (Å²) in [5.74, 6) is -0.400. The summed E-state index contributed by atoms with van der Waals surface area (Å²) in [6.07, 6.45) is 4.31. The second-order valence-corrected chi connectivity index (χ2v) is 6.78. The number of nitrogens with two attached hydrogens (primary N) is 1. The van der Waals surface area contributed by atoms with Crippen molar-refractivity contribution in [3.05, 3.63) is 35.6 Å². The Morgan fingerprint density at radius 2 is 1.73 bits per heavy atom. The van der Waals surface area contributed by atoms with Crippen LogP contribution in [-0.4, -0.2) is 49.6 Å². The first-order valence-corrected chi connectivity index (χ1v) is 9.32. The number of hydrogen-bond donors (Lipinski definition) is 3. The minimum atomic E-state index is -0.253. The second-order valence-electron chi connectivity index (χ2n) is 6.78. The van der Waals surface area contributed by atoms with E-state index >= 15 is 0 Å². The number of primary amides is 1. The number of benzene rings is 1. The molecule has 0 aliphatic carbocycles. The standard InChI is InChI=1S/C19H29FN4O2/c20-17-5-3-15(4-6-17)7-11-23-19(26)22-10-1-2-12-24-13-8-16(9-14-24)18(21)25/h3-6,16H,1-2,7-14H2,(H2,21,25)(H2,22,23,26). The smallest absolute Gasteiger partial charge is 0.314 e. The lowest BCUT2D eigenvalue weighted by atomic mass is 9.96. The van der Waals surface area contributed by atoms with Crippen molar-refractivity contribution in [1.82, 2.24) is 15.5 Å². The highest BCUT2D eigenvalue weighted by atomic mass is 19.1. The molecule has 1 aromatic carbocycles. The van der Waals surface area contributed by atoms with E-state index in [9.17, 15) is 14.0 Å². The number of amides is 3. The number of unbranched alkanes of at least 4 members (excludes halogenated alkanes) is 1. The van der Waals surface area contributed by atoms with Crippen LogP contribution in [-0.2, 0) is 11.2 Å². The Hall–Kier alpha value is -2.15. The molecular formula is C19H29FN4O2. The van der Waals surface area contributed by atoms with Crippen molar-refractivity contribution in [1.29, 1.82) is 0 Å². The number of likely N-dealkylation sites (tertiary alicyclic amines) is 1. The first-order chi connectivity index (χ1) is 12.5. The number of halogens is 1. The molecule has 6 nitrogen and oxygen atoms in total. The molecule has 3 amide bonds. The molecule has 0 aromatic heterocycles. The third-order valence-corrected chi connectivity index (χ3v) is 4.79. The molecule has 2 rings (SSSR count). The average Bonchev–Trinajstić information content (AvgIpc) is 2.63. The summed E-state index contributed by atoms with van der Waals surface area (Å²) in [6.45, 7) is 3.99. The van der Waals surface area contributed by atoms with Crippen LogP contribution in [0.5, 0.6) is 0 Å². The molecule has 1 saturated heterocycles. The number of nitrogens with one attached hydrogen (secondary N) is 2. The average molecular weight is 364 g/mol. The maximum Gasteiger partial charge on any atom is 0.314 e. The summed E-state index contributed by atoms with van der Waals surface area (Å²) in [5, 5.41) is 5.65. The molecule has 0 atom stereocenters. The molecule has 1 aromatic rings. The summed E-state index contributed by atoms with van der Waals surface area (Å²) in [4.78, 5) is 25.2. The Balaban J connectivity index is 1.46. The predicted molar refractivity (Wildman–Crippen MR) is 99.1 cm³/mol. The van der Waals surface area contributed by atoms with Gasteiger partial charge in [0.1, 0.15) is 5.82 Å². The van der Waals surface area contributed by atoms with E-state index in [-0.39, 0.29) is 23.7 Å². The Morgan fingerprint density at radius 1 is 1.08 bits per heavy atom. The SMILES string of the molecule is NC(=O)C1CCN(CCCCNC(=O)NCCc2ccc(F)cc2)CC1. The largest absolute Gasteiger partial charge is 0.369 e. The molecule has 7 heteroatoms. The number of carbonyl (C=O) groups is 2. The lowest BCUT2D eigenvalue weighted by Crippen LogP contribution is -2.39. The molecule has 4 N–H and O–H groups in total. The number of rotatable bonds is 9. The van der Waals surface area contributed by atoms with Gasteiger partial charge in [-0.25, -0.2) is 9.18 Å². The first-order valence-electron chi connectivity index (χ1n) is 9.32. The quantitative estimate of drug-likeness (QED) is 0.582. The van der Waals surface area contributed by atoms with Gasteiger partial charge in [0.25, 0.3) is 0 Å².